The number of hydrogen-bond acceptors (Lipinski definition) is 6. The lowest BCUT2D eigenvalue weighted by Gasteiger charge is -2.10. The summed E-state index contributed by atoms with van der Waals surface area (Å²) in [6, 6.07) is 0. The quantitative estimate of drug-likeness (QED) is 0.288. The number of aliphatic hydroxyl groups excluding tert-OH is 5. The molecule has 2 atom stereocenters. The first-order valence-electron chi connectivity index (χ1n) is 3.23. The van der Waals surface area contributed by atoms with Gasteiger partial charge < -0.3 is 30.6 Å². The Hall–Kier alpha value is -1.31. The summed E-state index contributed by atoms with van der Waals surface area (Å²) in [5, 5.41) is 51.4. The first-order valence-corrected chi connectivity index (χ1v) is 3.23. The SMILES string of the molecule is O=C(O)[C@@H](O)/C(O)=C(\O)[C@@H](O)CO. The molecule has 13 heavy (non-hydrogen) atoms. The van der Waals surface area contributed by atoms with Gasteiger partial charge in [-0.1, -0.05) is 0 Å². The van der Waals surface area contributed by atoms with E-state index in [0.29, 0.717) is 0 Å². The van der Waals surface area contributed by atoms with Crippen molar-refractivity contribution < 1.29 is 35.4 Å². The minimum atomic E-state index is -2.32. The molecule has 0 aliphatic heterocycles. The summed E-state index contributed by atoms with van der Waals surface area (Å²) >= 11 is 0. The summed E-state index contributed by atoms with van der Waals surface area (Å²) in [6.45, 7) is -0.901. The maximum Gasteiger partial charge on any atom is 0.340 e. The molecule has 0 heterocycles. The monoisotopic (exact) mass is 194 g/mol. The molecule has 0 aliphatic carbocycles. The second kappa shape index (κ2) is 4.65. The Morgan fingerprint density at radius 1 is 1.08 bits per heavy atom. The van der Waals surface area contributed by atoms with E-state index in [2.05, 4.69) is 0 Å². The van der Waals surface area contributed by atoms with Gasteiger partial charge in [-0.15, -0.1) is 0 Å². The topological polar surface area (TPSA) is 138 Å². The predicted octanol–water partition coefficient (Wildman–Crippen LogP) is -1.89. The van der Waals surface area contributed by atoms with E-state index >= 15 is 0 Å². The summed E-state index contributed by atoms with van der Waals surface area (Å²) in [6.07, 6.45) is -4.13. The van der Waals surface area contributed by atoms with E-state index in [0.717, 1.165) is 0 Å². The average molecular weight is 194 g/mol. The van der Waals surface area contributed by atoms with E-state index in [1.54, 1.807) is 0 Å². The van der Waals surface area contributed by atoms with Crippen LogP contribution in [0.1, 0.15) is 0 Å². The molecule has 0 aromatic rings. The van der Waals surface area contributed by atoms with Crippen LogP contribution in [-0.4, -0.2) is 55.4 Å². The van der Waals surface area contributed by atoms with Crippen molar-refractivity contribution in [3.05, 3.63) is 11.5 Å². The van der Waals surface area contributed by atoms with Crippen LogP contribution in [0.4, 0.5) is 0 Å². The van der Waals surface area contributed by atoms with Crippen LogP contribution in [0.15, 0.2) is 11.5 Å². The van der Waals surface area contributed by atoms with Gasteiger partial charge in [0, 0.05) is 0 Å². The molecule has 6 N–H and O–H groups in total. The zero-order chi connectivity index (χ0) is 10.6. The number of carboxylic acid groups (broad SMARTS) is 1. The Kier molecular flexibility index (Phi) is 4.18. The van der Waals surface area contributed by atoms with Crippen molar-refractivity contribution in [2.45, 2.75) is 12.2 Å². The molecule has 7 nitrogen and oxygen atoms in total. The van der Waals surface area contributed by atoms with Crippen molar-refractivity contribution in [1.29, 1.82) is 0 Å². The van der Waals surface area contributed by atoms with Crippen LogP contribution in [0.5, 0.6) is 0 Å². The molecule has 0 aliphatic rings. The second-order valence-electron chi connectivity index (χ2n) is 2.21. The molecule has 0 saturated carbocycles. The zero-order valence-corrected chi connectivity index (χ0v) is 6.45. The molecule has 0 fully saturated rings. The van der Waals surface area contributed by atoms with Gasteiger partial charge in [0.25, 0.3) is 0 Å². The van der Waals surface area contributed by atoms with Gasteiger partial charge in [-0.05, 0) is 0 Å². The van der Waals surface area contributed by atoms with Crippen LogP contribution in [0.2, 0.25) is 0 Å². The normalized spacial score (nSPS) is 17.5. The minimum Gasteiger partial charge on any atom is -0.506 e. The molecule has 0 unspecified atom stereocenters. The van der Waals surface area contributed by atoms with Crippen molar-refractivity contribution in [2.75, 3.05) is 6.61 Å². The van der Waals surface area contributed by atoms with Gasteiger partial charge in [0.2, 0.25) is 6.10 Å². The highest BCUT2D eigenvalue weighted by Gasteiger charge is 2.25. The molecule has 7 heteroatoms. The van der Waals surface area contributed by atoms with Crippen LogP contribution >= 0.6 is 0 Å². The van der Waals surface area contributed by atoms with E-state index in [1.807, 2.05) is 0 Å². The Balaban J connectivity index is 4.69. The van der Waals surface area contributed by atoms with Gasteiger partial charge in [-0.25, -0.2) is 4.79 Å². The summed E-state index contributed by atoms with van der Waals surface area (Å²) < 4.78 is 0. The first-order chi connectivity index (χ1) is 5.91. The molecule has 76 valence electrons. The van der Waals surface area contributed by atoms with Crippen LogP contribution in [0, 0.1) is 0 Å². The maximum atomic E-state index is 10.1. The fourth-order valence-corrected chi connectivity index (χ4v) is 0.514. The summed E-state index contributed by atoms with van der Waals surface area (Å²) in [5.74, 6) is -4.25. The lowest BCUT2D eigenvalue weighted by molar-refractivity contribution is -0.146. The predicted molar refractivity (Wildman–Crippen MR) is 39.0 cm³/mol. The van der Waals surface area contributed by atoms with Crippen LogP contribution in [0.25, 0.3) is 0 Å². The third kappa shape index (κ3) is 2.90. The van der Waals surface area contributed by atoms with Gasteiger partial charge in [0.05, 0.1) is 6.61 Å². The highest BCUT2D eigenvalue weighted by atomic mass is 16.4. The average Bonchev–Trinajstić information content (AvgIpc) is 2.12. The fourth-order valence-electron chi connectivity index (χ4n) is 0.514. The fraction of sp³-hybridized carbons (Fsp3) is 0.500. The Morgan fingerprint density at radius 2 is 1.54 bits per heavy atom. The smallest absolute Gasteiger partial charge is 0.340 e. The number of carbonyl (C=O) groups is 1. The largest absolute Gasteiger partial charge is 0.506 e. The number of aliphatic carboxylic acids is 1. The van der Waals surface area contributed by atoms with Crippen LogP contribution in [0.3, 0.4) is 0 Å². The van der Waals surface area contributed by atoms with Gasteiger partial charge in [0.15, 0.2) is 11.5 Å². The Bertz CT molecular complexity index is 221. The highest BCUT2D eigenvalue weighted by molar-refractivity contribution is 5.75. The van der Waals surface area contributed by atoms with E-state index in [-0.39, 0.29) is 0 Å². The molecule has 0 rings (SSSR count). The molecular formula is C6H10O7. The van der Waals surface area contributed by atoms with Crippen molar-refractivity contribution in [3.63, 3.8) is 0 Å². The first kappa shape index (κ1) is 11.7. The summed E-state index contributed by atoms with van der Waals surface area (Å²) in [4.78, 5) is 10.1. The van der Waals surface area contributed by atoms with E-state index in [4.69, 9.17) is 30.6 Å². The molecular weight excluding hydrogens is 184 g/mol. The Labute approximate surface area is 72.8 Å². The molecule has 0 aromatic heterocycles. The molecule has 0 bridgehead atoms. The minimum absolute atomic E-state index is 0.901. The summed E-state index contributed by atoms with van der Waals surface area (Å²) in [5.41, 5.74) is 0. The standard InChI is InChI=1S/C6H10O7/c7-1-2(8)3(9)4(10)5(11)6(12)13/h2,5,7-11H,1H2,(H,12,13)/b4-3+/t2-,5-/m0/s1. The van der Waals surface area contributed by atoms with E-state index < -0.39 is 36.3 Å². The highest BCUT2D eigenvalue weighted by Crippen LogP contribution is 2.07. The van der Waals surface area contributed by atoms with Crippen LogP contribution < -0.4 is 0 Å². The molecule has 0 amide bonds. The van der Waals surface area contributed by atoms with Crippen molar-refractivity contribution >= 4 is 5.97 Å². The summed E-state index contributed by atoms with van der Waals surface area (Å²) in [7, 11) is 0. The zero-order valence-electron chi connectivity index (χ0n) is 6.45. The van der Waals surface area contributed by atoms with E-state index in [1.165, 1.54) is 0 Å². The van der Waals surface area contributed by atoms with Crippen molar-refractivity contribution in [2.24, 2.45) is 0 Å². The van der Waals surface area contributed by atoms with Gasteiger partial charge in [-0.3, -0.25) is 0 Å². The molecule has 0 radical (unpaired) electrons. The molecule has 0 spiro atoms. The number of hydrogen-bond donors (Lipinski definition) is 6. The second-order valence-corrected chi connectivity index (χ2v) is 2.21. The van der Waals surface area contributed by atoms with Gasteiger partial charge in [0.1, 0.15) is 6.10 Å². The molecule has 0 aromatic carbocycles. The molecule has 0 saturated heterocycles. The lowest BCUT2D eigenvalue weighted by Crippen LogP contribution is -2.27. The van der Waals surface area contributed by atoms with Crippen molar-refractivity contribution in [1.82, 2.24) is 0 Å². The number of carboxylic acids is 1. The maximum absolute atomic E-state index is 10.1. The van der Waals surface area contributed by atoms with Crippen molar-refractivity contribution in [3.8, 4) is 0 Å². The van der Waals surface area contributed by atoms with Gasteiger partial charge in [-0.2, -0.15) is 0 Å². The number of aliphatic hydroxyl groups is 5. The number of rotatable bonds is 4. The Morgan fingerprint density at radius 3 is 1.85 bits per heavy atom. The lowest BCUT2D eigenvalue weighted by atomic mass is 10.2. The third-order valence-corrected chi connectivity index (χ3v) is 1.24. The third-order valence-electron chi connectivity index (χ3n) is 1.24. The van der Waals surface area contributed by atoms with Crippen LogP contribution in [-0.2, 0) is 4.79 Å². The van der Waals surface area contributed by atoms with Gasteiger partial charge >= 0.3 is 5.97 Å². The van der Waals surface area contributed by atoms with E-state index in [9.17, 15) is 4.79 Å².